The molecule has 6 nitrogen and oxygen atoms in total. The highest BCUT2D eigenvalue weighted by Crippen LogP contribution is 2.33. The molecule has 1 aromatic rings. The van der Waals surface area contributed by atoms with Crippen molar-refractivity contribution in [3.8, 4) is 0 Å². The smallest absolute Gasteiger partial charge is 0.258 e. The lowest BCUT2D eigenvalue weighted by Crippen LogP contribution is -2.22. The number of alkyl halides is 1. The second kappa shape index (κ2) is 6.19. The minimum atomic E-state index is -3.68. The number of rotatable bonds is 5. The van der Waals surface area contributed by atoms with Crippen molar-refractivity contribution in [1.82, 2.24) is 4.31 Å². The van der Waals surface area contributed by atoms with Gasteiger partial charge in [-0.1, -0.05) is 35.8 Å². The van der Waals surface area contributed by atoms with Gasteiger partial charge >= 0.3 is 0 Å². The zero-order valence-corrected chi connectivity index (χ0v) is 14.1. The standard InChI is InChI=1S/C12H17BrN2O4S/c1-8(9(2)13)11-6-5-10(7-12(11)15(16)17)20(18,19)14(3)4/h5-9H,1-4H3. The zero-order chi connectivity index (χ0) is 15.7. The first-order valence-electron chi connectivity index (χ1n) is 5.94. The third kappa shape index (κ3) is 3.36. The fourth-order valence-electron chi connectivity index (χ4n) is 1.69. The van der Waals surface area contributed by atoms with Crippen LogP contribution in [0.5, 0.6) is 0 Å². The lowest BCUT2D eigenvalue weighted by Gasteiger charge is -2.16. The topological polar surface area (TPSA) is 80.5 Å². The summed E-state index contributed by atoms with van der Waals surface area (Å²) < 4.78 is 25.1. The van der Waals surface area contributed by atoms with Crippen molar-refractivity contribution in [2.45, 2.75) is 29.5 Å². The van der Waals surface area contributed by atoms with E-state index in [-0.39, 0.29) is 21.3 Å². The average molecular weight is 365 g/mol. The number of hydrogen-bond acceptors (Lipinski definition) is 4. The summed E-state index contributed by atoms with van der Waals surface area (Å²) in [5.74, 6) is -0.105. The first kappa shape index (κ1) is 17.1. The number of nitro groups is 1. The molecule has 8 heteroatoms. The van der Waals surface area contributed by atoms with Crippen LogP contribution in [0.2, 0.25) is 0 Å². The lowest BCUT2D eigenvalue weighted by molar-refractivity contribution is -0.385. The molecule has 0 aliphatic carbocycles. The Balaban J connectivity index is 3.46. The SMILES string of the molecule is CC(Br)C(C)c1ccc(S(=O)(=O)N(C)C)cc1[N+](=O)[O-]. The molecule has 1 aromatic carbocycles. The van der Waals surface area contributed by atoms with Crippen LogP contribution in [-0.4, -0.2) is 36.6 Å². The number of halogens is 1. The summed E-state index contributed by atoms with van der Waals surface area (Å²) in [6, 6.07) is 4.04. The first-order chi connectivity index (χ1) is 9.09. The Labute approximate surface area is 127 Å². The predicted molar refractivity (Wildman–Crippen MR) is 80.8 cm³/mol. The van der Waals surface area contributed by atoms with Gasteiger partial charge in [-0.15, -0.1) is 0 Å². The summed E-state index contributed by atoms with van der Waals surface area (Å²) in [6.45, 7) is 3.74. The second-order valence-electron chi connectivity index (χ2n) is 4.73. The Kier molecular flexibility index (Phi) is 5.28. The van der Waals surface area contributed by atoms with Crippen LogP contribution in [0.15, 0.2) is 23.1 Å². The summed E-state index contributed by atoms with van der Waals surface area (Å²) in [7, 11) is -0.904. The van der Waals surface area contributed by atoms with Gasteiger partial charge in [-0.25, -0.2) is 12.7 Å². The molecule has 20 heavy (non-hydrogen) atoms. The van der Waals surface area contributed by atoms with Gasteiger partial charge in [-0.3, -0.25) is 10.1 Å². The van der Waals surface area contributed by atoms with Crippen LogP contribution in [0.3, 0.4) is 0 Å². The Bertz CT molecular complexity index is 614. The van der Waals surface area contributed by atoms with Gasteiger partial charge in [0.2, 0.25) is 10.0 Å². The van der Waals surface area contributed by atoms with Crippen LogP contribution in [0.25, 0.3) is 0 Å². The molecule has 0 fully saturated rings. The third-order valence-corrected chi connectivity index (χ3v) is 5.76. The third-order valence-electron chi connectivity index (χ3n) is 3.16. The largest absolute Gasteiger partial charge is 0.274 e. The van der Waals surface area contributed by atoms with Gasteiger partial charge in [-0.2, -0.15) is 0 Å². The van der Waals surface area contributed by atoms with Crippen molar-refractivity contribution in [2.24, 2.45) is 0 Å². The molecule has 0 saturated carbocycles. The van der Waals surface area contributed by atoms with Gasteiger partial charge in [0.1, 0.15) is 0 Å². The van der Waals surface area contributed by atoms with Crippen molar-refractivity contribution in [3.63, 3.8) is 0 Å². The molecule has 0 heterocycles. The molecule has 0 bridgehead atoms. The van der Waals surface area contributed by atoms with Crippen LogP contribution in [0.1, 0.15) is 25.3 Å². The number of benzene rings is 1. The molecule has 0 radical (unpaired) electrons. The maximum Gasteiger partial charge on any atom is 0.274 e. The van der Waals surface area contributed by atoms with Crippen molar-refractivity contribution in [1.29, 1.82) is 0 Å². The van der Waals surface area contributed by atoms with E-state index in [1.165, 1.54) is 26.2 Å². The first-order valence-corrected chi connectivity index (χ1v) is 8.29. The van der Waals surface area contributed by atoms with E-state index in [1.54, 1.807) is 0 Å². The summed E-state index contributed by atoms with van der Waals surface area (Å²) in [6.07, 6.45) is 0. The van der Waals surface area contributed by atoms with E-state index in [9.17, 15) is 18.5 Å². The monoisotopic (exact) mass is 364 g/mol. The normalized spacial score (nSPS) is 15.1. The number of hydrogen-bond donors (Lipinski definition) is 0. The minimum absolute atomic E-state index is 0.0394. The highest BCUT2D eigenvalue weighted by Gasteiger charge is 2.26. The van der Waals surface area contributed by atoms with Gasteiger partial charge in [-0.05, 0) is 6.07 Å². The van der Waals surface area contributed by atoms with Crippen LogP contribution in [0.4, 0.5) is 5.69 Å². The van der Waals surface area contributed by atoms with Gasteiger partial charge in [0.25, 0.3) is 5.69 Å². The van der Waals surface area contributed by atoms with E-state index in [1.807, 2.05) is 13.8 Å². The van der Waals surface area contributed by atoms with E-state index in [2.05, 4.69) is 15.9 Å². The van der Waals surface area contributed by atoms with Crippen LogP contribution >= 0.6 is 15.9 Å². The van der Waals surface area contributed by atoms with Crippen LogP contribution in [-0.2, 0) is 10.0 Å². The molecule has 0 aromatic heterocycles. The number of nitrogens with zero attached hydrogens (tertiary/aromatic N) is 2. The molecule has 0 spiro atoms. The Morgan fingerprint density at radius 3 is 2.25 bits per heavy atom. The second-order valence-corrected chi connectivity index (χ2v) is 8.33. The molecule has 0 aliphatic rings. The Morgan fingerprint density at radius 2 is 1.85 bits per heavy atom. The molecule has 1 rings (SSSR count). The van der Waals surface area contributed by atoms with Gasteiger partial charge < -0.3 is 0 Å². The van der Waals surface area contributed by atoms with Crippen molar-refractivity contribution >= 4 is 31.6 Å². The van der Waals surface area contributed by atoms with E-state index in [4.69, 9.17) is 0 Å². The molecule has 112 valence electrons. The highest BCUT2D eigenvalue weighted by atomic mass is 79.9. The molecular weight excluding hydrogens is 348 g/mol. The van der Waals surface area contributed by atoms with E-state index in [0.29, 0.717) is 5.56 Å². The van der Waals surface area contributed by atoms with Crippen molar-refractivity contribution in [3.05, 3.63) is 33.9 Å². The minimum Gasteiger partial charge on any atom is -0.258 e. The fraction of sp³-hybridized carbons (Fsp3) is 0.500. The van der Waals surface area contributed by atoms with Gasteiger partial charge in [0.15, 0.2) is 0 Å². The Morgan fingerprint density at radius 1 is 1.30 bits per heavy atom. The van der Waals surface area contributed by atoms with Crippen LogP contribution < -0.4 is 0 Å². The average Bonchev–Trinajstić information content (AvgIpc) is 2.36. The van der Waals surface area contributed by atoms with Gasteiger partial charge in [0, 0.05) is 36.5 Å². The summed E-state index contributed by atoms with van der Waals surface area (Å²) in [5.41, 5.74) is 0.337. The number of nitro benzene ring substituents is 1. The van der Waals surface area contributed by atoms with Gasteiger partial charge in [0.05, 0.1) is 9.82 Å². The fourth-order valence-corrected chi connectivity index (χ4v) is 2.89. The zero-order valence-electron chi connectivity index (χ0n) is 11.7. The molecule has 0 saturated heterocycles. The highest BCUT2D eigenvalue weighted by molar-refractivity contribution is 9.09. The maximum absolute atomic E-state index is 12.0. The molecular formula is C12H17BrN2O4S. The molecule has 2 atom stereocenters. The quantitative estimate of drug-likeness (QED) is 0.457. The molecule has 2 unspecified atom stereocenters. The summed E-state index contributed by atoms with van der Waals surface area (Å²) >= 11 is 3.39. The maximum atomic E-state index is 12.0. The molecule has 0 amide bonds. The molecule has 0 aliphatic heterocycles. The lowest BCUT2D eigenvalue weighted by atomic mass is 9.97. The van der Waals surface area contributed by atoms with E-state index >= 15 is 0 Å². The van der Waals surface area contributed by atoms with Crippen molar-refractivity contribution in [2.75, 3.05) is 14.1 Å². The van der Waals surface area contributed by atoms with Crippen molar-refractivity contribution < 1.29 is 13.3 Å². The number of sulfonamides is 1. The predicted octanol–water partition coefficient (Wildman–Crippen LogP) is 2.73. The molecule has 0 N–H and O–H groups in total. The summed E-state index contributed by atoms with van der Waals surface area (Å²) in [4.78, 5) is 10.6. The van der Waals surface area contributed by atoms with Crippen LogP contribution in [0, 0.1) is 10.1 Å². The Hall–Kier alpha value is -0.990. The summed E-state index contributed by atoms with van der Waals surface area (Å²) in [5, 5.41) is 11.2. The van der Waals surface area contributed by atoms with E-state index in [0.717, 1.165) is 10.4 Å². The van der Waals surface area contributed by atoms with E-state index < -0.39 is 14.9 Å².